The first kappa shape index (κ1) is 29.2. The minimum absolute atomic E-state index is 0.315. The van der Waals surface area contributed by atoms with E-state index in [9.17, 15) is 13.2 Å². The van der Waals surface area contributed by atoms with E-state index in [1.54, 1.807) is 42.5 Å². The van der Waals surface area contributed by atoms with E-state index >= 15 is 0 Å². The van der Waals surface area contributed by atoms with Crippen LogP contribution >= 0.6 is 0 Å². The van der Waals surface area contributed by atoms with Crippen LogP contribution in [0.15, 0.2) is 108 Å². The number of carbonyl (C=O) groups is 1. The molecule has 9 nitrogen and oxygen atoms in total. The standard InChI is InChI=1S/C31H31N3O6S/c1-23(34(41(3,36)37)26-15-17-28(18-16-26)40-27-12-8-5-9-13-27)31(35)33-32-21-25-14-19-29(30(20-25)38-2)39-22-24-10-6-4-7-11-24/h4-21,23H,22H2,1-3H3,(H,33,35)/b32-21-/t23-/m0/s1. The summed E-state index contributed by atoms with van der Waals surface area (Å²) in [6, 6.07) is 29.6. The Labute approximate surface area is 240 Å². The molecular formula is C31H31N3O6S. The first-order valence-corrected chi connectivity index (χ1v) is 14.6. The number of rotatable bonds is 12. The Balaban J connectivity index is 1.40. The second kappa shape index (κ2) is 13.5. The molecule has 0 aliphatic rings. The number of nitrogens with zero attached hydrogens (tertiary/aromatic N) is 2. The molecule has 1 atom stereocenters. The number of hydrogen-bond acceptors (Lipinski definition) is 7. The van der Waals surface area contributed by atoms with Crippen LogP contribution in [0.2, 0.25) is 0 Å². The lowest BCUT2D eigenvalue weighted by Gasteiger charge is -2.27. The second-order valence-electron chi connectivity index (χ2n) is 9.06. The number of para-hydroxylation sites is 1. The van der Waals surface area contributed by atoms with Gasteiger partial charge in [-0.15, -0.1) is 0 Å². The van der Waals surface area contributed by atoms with Crippen LogP contribution in [-0.4, -0.2) is 39.9 Å². The number of hydrazone groups is 1. The minimum Gasteiger partial charge on any atom is -0.493 e. The molecule has 0 bridgehead atoms. The van der Waals surface area contributed by atoms with Gasteiger partial charge < -0.3 is 14.2 Å². The molecule has 1 amide bonds. The van der Waals surface area contributed by atoms with Crippen molar-refractivity contribution < 1.29 is 27.4 Å². The van der Waals surface area contributed by atoms with Crippen molar-refractivity contribution in [2.75, 3.05) is 17.7 Å². The quantitative estimate of drug-likeness (QED) is 0.180. The first-order chi connectivity index (χ1) is 19.7. The molecule has 4 aromatic rings. The predicted octanol–water partition coefficient (Wildman–Crippen LogP) is 5.37. The second-order valence-corrected chi connectivity index (χ2v) is 10.9. The Morgan fingerprint density at radius 1 is 0.902 bits per heavy atom. The Kier molecular flexibility index (Phi) is 9.60. The summed E-state index contributed by atoms with van der Waals surface area (Å²) in [6.07, 6.45) is 2.48. The van der Waals surface area contributed by atoms with Crippen molar-refractivity contribution in [3.8, 4) is 23.0 Å². The summed E-state index contributed by atoms with van der Waals surface area (Å²) in [5, 5.41) is 4.02. The molecule has 0 aromatic heterocycles. The maximum atomic E-state index is 12.9. The van der Waals surface area contributed by atoms with Gasteiger partial charge in [-0.25, -0.2) is 13.8 Å². The largest absolute Gasteiger partial charge is 0.493 e. The summed E-state index contributed by atoms with van der Waals surface area (Å²) in [5.41, 5.74) is 4.41. The SMILES string of the molecule is COc1cc(/C=N\NC(=O)[C@H](C)N(c2ccc(Oc3ccccc3)cc2)S(C)(=O)=O)ccc1OCc1ccccc1. The molecule has 1 N–H and O–H groups in total. The lowest BCUT2D eigenvalue weighted by molar-refractivity contribution is -0.121. The number of methoxy groups -OCH3 is 1. The third-order valence-electron chi connectivity index (χ3n) is 5.97. The molecule has 0 fully saturated rings. The van der Waals surface area contributed by atoms with Crippen LogP contribution in [0.4, 0.5) is 5.69 Å². The van der Waals surface area contributed by atoms with Crippen molar-refractivity contribution in [3.63, 3.8) is 0 Å². The Hall–Kier alpha value is -4.83. The van der Waals surface area contributed by atoms with Gasteiger partial charge in [0, 0.05) is 0 Å². The number of sulfonamides is 1. The zero-order valence-electron chi connectivity index (χ0n) is 22.9. The van der Waals surface area contributed by atoms with Crippen molar-refractivity contribution in [1.82, 2.24) is 5.43 Å². The maximum absolute atomic E-state index is 12.9. The molecule has 4 aromatic carbocycles. The number of nitrogens with one attached hydrogen (secondary N) is 1. The number of amides is 1. The fraction of sp³-hybridized carbons (Fsp3) is 0.161. The Morgan fingerprint density at radius 3 is 2.17 bits per heavy atom. The van der Waals surface area contributed by atoms with Gasteiger partial charge in [-0.05, 0) is 72.6 Å². The van der Waals surface area contributed by atoms with Crippen molar-refractivity contribution in [2.45, 2.75) is 19.6 Å². The monoisotopic (exact) mass is 573 g/mol. The van der Waals surface area contributed by atoms with Crippen LogP contribution in [0.25, 0.3) is 0 Å². The molecule has 0 aliphatic carbocycles. The van der Waals surface area contributed by atoms with Gasteiger partial charge in [0.25, 0.3) is 5.91 Å². The van der Waals surface area contributed by atoms with E-state index in [-0.39, 0.29) is 0 Å². The zero-order chi connectivity index (χ0) is 29.2. The van der Waals surface area contributed by atoms with Gasteiger partial charge in [-0.1, -0.05) is 48.5 Å². The molecule has 0 spiro atoms. The molecule has 10 heteroatoms. The number of ether oxygens (including phenoxy) is 3. The van der Waals surface area contributed by atoms with Crippen molar-refractivity contribution in [3.05, 3.63) is 114 Å². The van der Waals surface area contributed by atoms with Gasteiger partial charge in [-0.3, -0.25) is 9.10 Å². The van der Waals surface area contributed by atoms with Gasteiger partial charge in [0.1, 0.15) is 24.1 Å². The molecule has 0 aliphatic heterocycles. The molecular weight excluding hydrogens is 542 g/mol. The van der Waals surface area contributed by atoms with Crippen molar-refractivity contribution >= 4 is 27.8 Å². The van der Waals surface area contributed by atoms with Crippen LogP contribution in [0.5, 0.6) is 23.0 Å². The van der Waals surface area contributed by atoms with E-state index in [1.165, 1.54) is 20.2 Å². The van der Waals surface area contributed by atoms with E-state index in [2.05, 4.69) is 10.5 Å². The van der Waals surface area contributed by atoms with Crippen LogP contribution in [-0.2, 0) is 21.4 Å². The van der Waals surface area contributed by atoms with E-state index in [0.29, 0.717) is 40.9 Å². The summed E-state index contributed by atoms with van der Waals surface area (Å²) in [4.78, 5) is 12.9. The summed E-state index contributed by atoms with van der Waals surface area (Å²) < 4.78 is 43.4. The van der Waals surface area contributed by atoms with E-state index in [0.717, 1.165) is 16.1 Å². The molecule has 0 unspecified atom stereocenters. The predicted molar refractivity (Wildman–Crippen MR) is 159 cm³/mol. The van der Waals surface area contributed by atoms with Crippen molar-refractivity contribution in [1.29, 1.82) is 0 Å². The minimum atomic E-state index is -3.80. The van der Waals surface area contributed by atoms with Crippen LogP contribution < -0.4 is 23.9 Å². The normalized spacial score (nSPS) is 12.0. The van der Waals surface area contributed by atoms with E-state index in [4.69, 9.17) is 14.2 Å². The third kappa shape index (κ3) is 8.09. The van der Waals surface area contributed by atoms with Gasteiger partial charge in [-0.2, -0.15) is 5.10 Å². The maximum Gasteiger partial charge on any atom is 0.263 e. The summed E-state index contributed by atoms with van der Waals surface area (Å²) >= 11 is 0. The summed E-state index contributed by atoms with van der Waals surface area (Å²) in [6.45, 7) is 1.88. The fourth-order valence-corrected chi connectivity index (χ4v) is 5.15. The summed E-state index contributed by atoms with van der Waals surface area (Å²) in [5.74, 6) is 1.65. The number of benzene rings is 4. The highest BCUT2D eigenvalue weighted by Gasteiger charge is 2.29. The Morgan fingerprint density at radius 2 is 1.54 bits per heavy atom. The van der Waals surface area contributed by atoms with Crippen LogP contribution in [0.1, 0.15) is 18.1 Å². The molecule has 0 radical (unpaired) electrons. The van der Waals surface area contributed by atoms with E-state index in [1.807, 2.05) is 60.7 Å². The average molecular weight is 574 g/mol. The zero-order valence-corrected chi connectivity index (χ0v) is 23.7. The van der Waals surface area contributed by atoms with Crippen LogP contribution in [0, 0.1) is 0 Å². The number of carbonyl (C=O) groups excluding carboxylic acids is 1. The smallest absolute Gasteiger partial charge is 0.263 e. The third-order valence-corrected chi connectivity index (χ3v) is 7.21. The van der Waals surface area contributed by atoms with Crippen LogP contribution in [0.3, 0.4) is 0 Å². The molecule has 0 saturated carbocycles. The Bertz CT molecular complexity index is 1580. The average Bonchev–Trinajstić information content (AvgIpc) is 2.97. The van der Waals surface area contributed by atoms with E-state index < -0.39 is 22.0 Å². The molecule has 0 heterocycles. The first-order valence-electron chi connectivity index (χ1n) is 12.7. The van der Waals surface area contributed by atoms with Gasteiger partial charge in [0.2, 0.25) is 10.0 Å². The molecule has 0 saturated heterocycles. The van der Waals surface area contributed by atoms with Gasteiger partial charge in [0.15, 0.2) is 11.5 Å². The molecule has 4 rings (SSSR count). The highest BCUT2D eigenvalue weighted by Crippen LogP contribution is 2.29. The summed E-state index contributed by atoms with van der Waals surface area (Å²) in [7, 11) is -2.26. The number of anilines is 1. The fourth-order valence-electron chi connectivity index (χ4n) is 3.98. The lowest BCUT2D eigenvalue weighted by atomic mass is 10.2. The van der Waals surface area contributed by atoms with Gasteiger partial charge in [0.05, 0.1) is 25.3 Å². The van der Waals surface area contributed by atoms with Crippen molar-refractivity contribution in [2.24, 2.45) is 5.10 Å². The lowest BCUT2D eigenvalue weighted by Crippen LogP contribution is -2.46. The highest BCUT2D eigenvalue weighted by molar-refractivity contribution is 7.92. The molecule has 41 heavy (non-hydrogen) atoms. The molecule has 212 valence electrons. The number of hydrogen-bond donors (Lipinski definition) is 1. The van der Waals surface area contributed by atoms with Gasteiger partial charge >= 0.3 is 0 Å². The topological polar surface area (TPSA) is 107 Å². The highest BCUT2D eigenvalue weighted by atomic mass is 32.2.